The zero-order valence-electron chi connectivity index (χ0n) is 7.35. The van der Waals surface area contributed by atoms with Crippen LogP contribution >= 0.6 is 68.0 Å². The van der Waals surface area contributed by atoms with Crippen LogP contribution in [0.5, 0.6) is 0 Å². The van der Waals surface area contributed by atoms with Gasteiger partial charge in [-0.1, -0.05) is 45.2 Å². The summed E-state index contributed by atoms with van der Waals surface area (Å²) in [6, 6.07) is 0. The molecule has 0 aliphatic carbocycles. The topological polar surface area (TPSA) is 6.48 Å². The molecule has 5 heteroatoms. The average molecular weight is 518 g/mol. The largest absolute Gasteiger partial charge is 0.300 e. The second-order valence-electron chi connectivity index (χ2n) is 4.16. The van der Waals surface area contributed by atoms with E-state index in [-0.39, 0.29) is 0 Å². The minimum absolute atomic E-state index is 0.684. The molecule has 0 radical (unpaired) electrons. The molecule has 2 fully saturated rings. The van der Waals surface area contributed by atoms with Crippen LogP contribution in [0.15, 0.2) is 0 Å². The molecule has 2 aliphatic heterocycles. The Balaban J connectivity index is 1.77. The molecule has 2 heterocycles. The number of alkyl halides is 2. The first kappa shape index (κ1) is 11.6. The summed E-state index contributed by atoms with van der Waals surface area (Å²) >= 11 is 7.47. The van der Waals surface area contributed by atoms with Gasteiger partial charge in [-0.25, -0.2) is 3.11 Å². The van der Waals surface area contributed by atoms with Crippen molar-refractivity contribution >= 4 is 68.0 Å². The van der Waals surface area contributed by atoms with Crippen LogP contribution in [-0.4, -0.2) is 42.7 Å². The van der Waals surface area contributed by atoms with Gasteiger partial charge >= 0.3 is 0 Å². The maximum Gasteiger partial charge on any atom is 0.0753 e. The van der Waals surface area contributed by atoms with Crippen molar-refractivity contribution in [3.8, 4) is 0 Å². The molecule has 0 bridgehead atoms. The van der Waals surface area contributed by atoms with Crippen LogP contribution in [0.25, 0.3) is 0 Å². The molecule has 2 rings (SSSR count). The van der Waals surface area contributed by atoms with E-state index in [4.69, 9.17) is 0 Å². The highest BCUT2D eigenvalue weighted by atomic mass is 127. The van der Waals surface area contributed by atoms with Gasteiger partial charge < -0.3 is 4.90 Å². The Morgan fingerprint density at radius 3 is 2.38 bits per heavy atom. The zero-order valence-corrected chi connectivity index (χ0v) is 13.8. The number of halogens is 3. The fourth-order valence-corrected chi connectivity index (χ4v) is 4.44. The van der Waals surface area contributed by atoms with E-state index in [2.05, 4.69) is 76.1 Å². The van der Waals surface area contributed by atoms with Gasteiger partial charge in [0.2, 0.25) is 0 Å². The third-order valence-corrected chi connectivity index (χ3v) is 4.52. The lowest BCUT2D eigenvalue weighted by Crippen LogP contribution is -2.57. The molecular weight excluding hydrogens is 505 g/mol. The fourth-order valence-electron chi connectivity index (χ4n) is 2.37. The number of nitrogens with zero attached hydrogens (tertiary/aromatic N) is 2. The van der Waals surface area contributed by atoms with Gasteiger partial charge in [-0.2, -0.15) is 0 Å². The van der Waals surface area contributed by atoms with Crippen LogP contribution in [-0.2, 0) is 0 Å². The van der Waals surface area contributed by atoms with Crippen LogP contribution in [0, 0.1) is 5.41 Å². The lowest BCUT2D eigenvalue weighted by atomic mass is 9.79. The summed E-state index contributed by atoms with van der Waals surface area (Å²) in [7, 11) is 0. The predicted molar refractivity (Wildman–Crippen MR) is 80.9 cm³/mol. The molecule has 0 saturated carbocycles. The van der Waals surface area contributed by atoms with Gasteiger partial charge in [0.05, 0.1) is 1.93 Å². The Labute approximate surface area is 121 Å². The Hall–Kier alpha value is 2.11. The van der Waals surface area contributed by atoms with E-state index >= 15 is 0 Å². The highest BCUT2D eigenvalue weighted by Gasteiger charge is 2.46. The monoisotopic (exact) mass is 518 g/mol. The molecule has 13 heavy (non-hydrogen) atoms. The van der Waals surface area contributed by atoms with Gasteiger partial charge in [-0.05, 0) is 6.42 Å². The lowest BCUT2D eigenvalue weighted by Gasteiger charge is -2.48. The molecule has 2 nitrogen and oxygen atoms in total. The van der Waals surface area contributed by atoms with Gasteiger partial charge in [0, 0.05) is 61.0 Å². The van der Waals surface area contributed by atoms with Crippen molar-refractivity contribution in [3.63, 3.8) is 0 Å². The highest BCUT2D eigenvalue weighted by Crippen LogP contribution is 2.41. The van der Waals surface area contributed by atoms with E-state index in [1.54, 1.807) is 0 Å². The SMILES string of the molecule is IC(I)CN1CC2(CCN(I)C2)C1. The maximum absolute atomic E-state index is 2.60. The van der Waals surface area contributed by atoms with Crippen LogP contribution in [0.3, 0.4) is 0 Å². The molecule has 0 unspecified atom stereocenters. The van der Waals surface area contributed by atoms with Crippen LogP contribution in [0.4, 0.5) is 0 Å². The molecule has 76 valence electrons. The van der Waals surface area contributed by atoms with E-state index in [0.29, 0.717) is 5.41 Å². The molecule has 0 aromatic carbocycles. The number of rotatable bonds is 2. The number of hydrogen-bond donors (Lipinski definition) is 0. The van der Waals surface area contributed by atoms with Crippen molar-refractivity contribution in [3.05, 3.63) is 0 Å². The number of hydrogen-bond acceptors (Lipinski definition) is 2. The molecule has 0 amide bonds. The van der Waals surface area contributed by atoms with Crippen LogP contribution in [0.2, 0.25) is 0 Å². The van der Waals surface area contributed by atoms with E-state index in [9.17, 15) is 0 Å². The molecule has 0 N–H and O–H groups in total. The normalized spacial score (nSPS) is 28.6. The van der Waals surface area contributed by atoms with Crippen molar-refractivity contribution in [1.29, 1.82) is 0 Å². The summed E-state index contributed by atoms with van der Waals surface area (Å²) in [5.74, 6) is 0. The third kappa shape index (κ3) is 2.82. The van der Waals surface area contributed by atoms with Crippen molar-refractivity contribution in [2.45, 2.75) is 8.35 Å². The smallest absolute Gasteiger partial charge is 0.0753 e. The minimum Gasteiger partial charge on any atom is -0.300 e. The summed E-state index contributed by atoms with van der Waals surface area (Å²) in [5.41, 5.74) is 0.684. The Morgan fingerprint density at radius 2 is 1.92 bits per heavy atom. The summed E-state index contributed by atoms with van der Waals surface area (Å²) in [6.07, 6.45) is 1.42. The standard InChI is InChI=1S/C8H13I3N2/c9-7(10)3-12-4-8(5-12)1-2-13(11)6-8/h7H,1-6H2. The van der Waals surface area contributed by atoms with Crippen LogP contribution in [0.1, 0.15) is 6.42 Å². The van der Waals surface area contributed by atoms with Gasteiger partial charge in [-0.15, -0.1) is 0 Å². The van der Waals surface area contributed by atoms with E-state index in [1.165, 1.54) is 39.1 Å². The number of likely N-dealkylation sites (tertiary alicyclic amines) is 1. The molecule has 0 aromatic rings. The first-order valence-corrected chi connectivity index (χ1v) is 7.97. The summed E-state index contributed by atoms with van der Waals surface area (Å²) in [6.45, 7) is 6.57. The molecular formula is C8H13I3N2. The Kier molecular flexibility index (Phi) is 4.05. The van der Waals surface area contributed by atoms with Crippen molar-refractivity contribution < 1.29 is 0 Å². The summed E-state index contributed by atoms with van der Waals surface area (Å²) in [4.78, 5) is 2.60. The Bertz CT molecular complexity index is 192. The molecule has 2 saturated heterocycles. The van der Waals surface area contributed by atoms with Crippen molar-refractivity contribution in [1.82, 2.24) is 8.01 Å². The quantitative estimate of drug-likeness (QED) is 0.316. The van der Waals surface area contributed by atoms with Gasteiger partial charge in [-0.3, -0.25) is 0 Å². The highest BCUT2D eigenvalue weighted by molar-refractivity contribution is 14.2. The zero-order chi connectivity index (χ0) is 9.47. The molecule has 1 spiro atoms. The van der Waals surface area contributed by atoms with Gasteiger partial charge in [0.25, 0.3) is 0 Å². The second-order valence-corrected chi connectivity index (χ2v) is 10.9. The maximum atomic E-state index is 2.60. The molecule has 0 atom stereocenters. The second kappa shape index (κ2) is 4.54. The first-order valence-electron chi connectivity index (χ1n) is 4.51. The van der Waals surface area contributed by atoms with E-state index in [0.717, 1.165) is 1.93 Å². The molecule has 2 aliphatic rings. The summed E-state index contributed by atoms with van der Waals surface area (Å²) < 4.78 is 3.21. The fraction of sp³-hybridized carbons (Fsp3) is 1.00. The van der Waals surface area contributed by atoms with Gasteiger partial charge in [0.1, 0.15) is 0 Å². The van der Waals surface area contributed by atoms with E-state index in [1.807, 2.05) is 0 Å². The third-order valence-electron chi connectivity index (χ3n) is 2.91. The summed E-state index contributed by atoms with van der Waals surface area (Å²) in [5, 5.41) is 0. The Morgan fingerprint density at radius 1 is 1.23 bits per heavy atom. The van der Waals surface area contributed by atoms with Crippen molar-refractivity contribution in [2.24, 2.45) is 5.41 Å². The predicted octanol–water partition coefficient (Wildman–Crippen LogP) is 2.54. The van der Waals surface area contributed by atoms with Crippen molar-refractivity contribution in [2.75, 3.05) is 32.7 Å². The van der Waals surface area contributed by atoms with Crippen LogP contribution < -0.4 is 0 Å². The first-order chi connectivity index (χ1) is 6.10. The minimum atomic E-state index is 0.684. The lowest BCUT2D eigenvalue weighted by molar-refractivity contribution is 0.0197. The molecule has 0 aromatic heterocycles. The van der Waals surface area contributed by atoms with E-state index < -0.39 is 0 Å². The average Bonchev–Trinajstić information content (AvgIpc) is 2.29. The van der Waals surface area contributed by atoms with Gasteiger partial charge in [0.15, 0.2) is 0 Å².